The molecule has 98 valence electrons. The first-order valence-corrected chi connectivity index (χ1v) is 7.19. The molecule has 2 saturated carbocycles. The summed E-state index contributed by atoms with van der Waals surface area (Å²) in [7, 11) is 0. The van der Waals surface area contributed by atoms with Crippen LogP contribution in [-0.2, 0) is 0 Å². The number of hydrogen-bond acceptors (Lipinski definition) is 4. The fourth-order valence-corrected chi connectivity index (χ4v) is 2.40. The lowest BCUT2D eigenvalue weighted by Gasteiger charge is -2.24. The van der Waals surface area contributed by atoms with Gasteiger partial charge < -0.3 is 11.1 Å². The molecule has 2 fully saturated rings. The van der Waals surface area contributed by atoms with Gasteiger partial charge in [0.2, 0.25) is 0 Å². The van der Waals surface area contributed by atoms with E-state index in [9.17, 15) is 0 Å². The Morgan fingerprint density at radius 2 is 2.06 bits per heavy atom. The molecule has 1 aromatic rings. The van der Waals surface area contributed by atoms with Gasteiger partial charge in [-0.05, 0) is 38.6 Å². The van der Waals surface area contributed by atoms with Crippen molar-refractivity contribution in [1.29, 1.82) is 0 Å². The van der Waals surface area contributed by atoms with Crippen LogP contribution < -0.4 is 11.1 Å². The lowest BCUT2D eigenvalue weighted by atomic mass is 9.85. The quantitative estimate of drug-likeness (QED) is 0.756. The van der Waals surface area contributed by atoms with Gasteiger partial charge in [0.25, 0.3) is 0 Å². The van der Waals surface area contributed by atoms with Crippen LogP contribution in [-0.4, -0.2) is 23.1 Å². The number of rotatable bonds is 6. The molecule has 0 bridgehead atoms. The molecule has 0 saturated heterocycles. The summed E-state index contributed by atoms with van der Waals surface area (Å²) in [6.45, 7) is 1.65. The number of aromatic nitrogens is 2. The second kappa shape index (κ2) is 5.22. The molecule has 1 aromatic heterocycles. The van der Waals surface area contributed by atoms with Gasteiger partial charge in [-0.3, -0.25) is 0 Å². The summed E-state index contributed by atoms with van der Waals surface area (Å²) in [5, 5.41) is 3.43. The molecule has 0 atom stereocenters. The molecule has 1 heterocycles. The average Bonchev–Trinajstić information content (AvgIpc) is 3.12. The molecule has 4 nitrogen and oxygen atoms in total. The van der Waals surface area contributed by atoms with Crippen molar-refractivity contribution in [3.05, 3.63) is 17.7 Å². The summed E-state index contributed by atoms with van der Waals surface area (Å²) in [5.41, 5.74) is 7.91. The van der Waals surface area contributed by atoms with Crippen LogP contribution in [0, 0.1) is 0 Å². The fourth-order valence-electron chi connectivity index (χ4n) is 2.40. The van der Waals surface area contributed by atoms with Crippen molar-refractivity contribution in [2.45, 2.75) is 50.4 Å². The van der Waals surface area contributed by atoms with E-state index in [-0.39, 0.29) is 0 Å². The van der Waals surface area contributed by atoms with E-state index in [1.54, 1.807) is 0 Å². The van der Waals surface area contributed by atoms with E-state index in [1.165, 1.54) is 37.8 Å². The van der Waals surface area contributed by atoms with Crippen molar-refractivity contribution < 1.29 is 0 Å². The van der Waals surface area contributed by atoms with Gasteiger partial charge in [-0.2, -0.15) is 0 Å². The summed E-state index contributed by atoms with van der Waals surface area (Å²) in [6.07, 6.45) is 9.43. The Morgan fingerprint density at radius 3 is 2.67 bits per heavy atom. The van der Waals surface area contributed by atoms with Gasteiger partial charge in [-0.25, -0.2) is 9.97 Å². The summed E-state index contributed by atoms with van der Waals surface area (Å²) in [4.78, 5) is 9.38. The minimum atomic E-state index is 0.626. The Bertz CT molecular complexity index is 410. The van der Waals surface area contributed by atoms with Gasteiger partial charge in [0.15, 0.2) is 0 Å². The number of nitrogens with two attached hydrogens (primary N) is 1. The number of hydrogen-bond donors (Lipinski definition) is 2. The van der Waals surface area contributed by atoms with E-state index in [0.717, 1.165) is 31.0 Å². The lowest BCUT2D eigenvalue weighted by molar-refractivity contribution is 0.400. The third-order valence-electron chi connectivity index (χ3n) is 3.97. The maximum Gasteiger partial charge on any atom is 0.131 e. The van der Waals surface area contributed by atoms with E-state index in [1.807, 2.05) is 6.20 Å². The van der Waals surface area contributed by atoms with E-state index in [4.69, 9.17) is 10.7 Å². The van der Waals surface area contributed by atoms with E-state index in [2.05, 4.69) is 10.3 Å². The van der Waals surface area contributed by atoms with Crippen LogP contribution in [0.1, 0.15) is 61.9 Å². The van der Waals surface area contributed by atoms with E-state index < -0.39 is 0 Å². The van der Waals surface area contributed by atoms with Crippen molar-refractivity contribution in [3.63, 3.8) is 0 Å². The maximum atomic E-state index is 5.52. The Kier molecular flexibility index (Phi) is 3.46. The molecule has 0 spiro atoms. The molecule has 2 aliphatic carbocycles. The predicted molar refractivity (Wildman–Crippen MR) is 72.8 cm³/mol. The Hall–Kier alpha value is -1.16. The monoisotopic (exact) mass is 246 g/mol. The van der Waals surface area contributed by atoms with Crippen LogP contribution in [0.4, 0.5) is 5.69 Å². The zero-order valence-corrected chi connectivity index (χ0v) is 10.9. The van der Waals surface area contributed by atoms with Crippen LogP contribution in [0.2, 0.25) is 0 Å². The smallest absolute Gasteiger partial charge is 0.131 e. The topological polar surface area (TPSA) is 63.8 Å². The highest BCUT2D eigenvalue weighted by Crippen LogP contribution is 2.43. The van der Waals surface area contributed by atoms with Crippen LogP contribution in [0.15, 0.2) is 6.20 Å². The van der Waals surface area contributed by atoms with Crippen LogP contribution in [0.3, 0.4) is 0 Å². The highest BCUT2D eigenvalue weighted by Gasteiger charge is 2.30. The highest BCUT2D eigenvalue weighted by atomic mass is 15.0. The molecule has 18 heavy (non-hydrogen) atoms. The summed E-state index contributed by atoms with van der Waals surface area (Å²) < 4.78 is 0. The van der Waals surface area contributed by atoms with E-state index >= 15 is 0 Å². The van der Waals surface area contributed by atoms with Crippen molar-refractivity contribution in [2.75, 3.05) is 18.4 Å². The highest BCUT2D eigenvalue weighted by molar-refractivity contribution is 5.49. The average molecular weight is 246 g/mol. The molecule has 0 aromatic carbocycles. The maximum absolute atomic E-state index is 5.52. The second-order valence-electron chi connectivity index (χ2n) is 5.50. The largest absolute Gasteiger partial charge is 0.382 e. The zero-order chi connectivity index (χ0) is 12.4. The number of nitrogens with one attached hydrogen (secondary N) is 1. The molecule has 0 aliphatic heterocycles. The normalized spacial score (nSPS) is 19.6. The molecular formula is C14H22N4. The van der Waals surface area contributed by atoms with Gasteiger partial charge in [0, 0.05) is 18.4 Å². The predicted octanol–water partition coefficient (Wildman–Crippen LogP) is 2.38. The molecular weight excluding hydrogens is 224 g/mol. The van der Waals surface area contributed by atoms with Crippen molar-refractivity contribution >= 4 is 5.69 Å². The van der Waals surface area contributed by atoms with Gasteiger partial charge in [-0.15, -0.1) is 0 Å². The fraction of sp³-hybridized carbons (Fsp3) is 0.714. The molecule has 2 aliphatic rings. The zero-order valence-electron chi connectivity index (χ0n) is 10.9. The summed E-state index contributed by atoms with van der Waals surface area (Å²) in [5.74, 6) is 2.38. The van der Waals surface area contributed by atoms with Gasteiger partial charge in [0.05, 0.1) is 17.6 Å². The molecule has 3 N–H and O–H groups in total. The SMILES string of the molecule is NCCCNc1cnc(C2CCC2)nc1C1CC1. The first kappa shape index (κ1) is 11.9. The Morgan fingerprint density at radius 1 is 1.22 bits per heavy atom. The second-order valence-corrected chi connectivity index (χ2v) is 5.50. The number of nitrogens with zero attached hydrogens (tertiary/aromatic N) is 2. The summed E-state index contributed by atoms with van der Waals surface area (Å²) >= 11 is 0. The van der Waals surface area contributed by atoms with Crippen LogP contribution >= 0.6 is 0 Å². The Labute approximate surface area is 108 Å². The third-order valence-corrected chi connectivity index (χ3v) is 3.97. The van der Waals surface area contributed by atoms with Crippen molar-refractivity contribution in [1.82, 2.24) is 9.97 Å². The molecule has 0 amide bonds. The van der Waals surface area contributed by atoms with Crippen molar-refractivity contribution in [2.24, 2.45) is 5.73 Å². The Balaban J connectivity index is 1.75. The summed E-state index contributed by atoms with van der Waals surface area (Å²) in [6, 6.07) is 0. The minimum Gasteiger partial charge on any atom is -0.382 e. The molecule has 3 rings (SSSR count). The first-order valence-electron chi connectivity index (χ1n) is 7.19. The van der Waals surface area contributed by atoms with Gasteiger partial charge in [-0.1, -0.05) is 6.42 Å². The third kappa shape index (κ3) is 2.48. The van der Waals surface area contributed by atoms with Gasteiger partial charge >= 0.3 is 0 Å². The molecule has 4 heteroatoms. The van der Waals surface area contributed by atoms with Crippen molar-refractivity contribution in [3.8, 4) is 0 Å². The van der Waals surface area contributed by atoms with E-state index in [0.29, 0.717) is 11.8 Å². The molecule has 0 unspecified atom stereocenters. The van der Waals surface area contributed by atoms with Crippen LogP contribution in [0.25, 0.3) is 0 Å². The first-order chi connectivity index (χ1) is 8.88. The lowest BCUT2D eigenvalue weighted by Crippen LogP contribution is -2.15. The standard InChI is InChI=1S/C14H22N4/c15-7-2-8-16-12-9-17-14(11-3-1-4-11)18-13(12)10-5-6-10/h9-11,16H,1-8,15H2. The molecule has 0 radical (unpaired) electrons. The van der Waals surface area contributed by atoms with Crippen LogP contribution in [0.5, 0.6) is 0 Å². The number of anilines is 1. The minimum absolute atomic E-state index is 0.626. The van der Waals surface area contributed by atoms with Gasteiger partial charge in [0.1, 0.15) is 5.82 Å².